The predicted octanol–water partition coefficient (Wildman–Crippen LogP) is 2.99. The monoisotopic (exact) mass is 285 g/mol. The molecule has 0 aliphatic rings. The van der Waals surface area contributed by atoms with Crippen LogP contribution in [-0.2, 0) is 0 Å². The molecule has 2 atom stereocenters. The molecule has 20 heavy (non-hydrogen) atoms. The number of benzene rings is 1. The quantitative estimate of drug-likeness (QED) is 0.877. The van der Waals surface area contributed by atoms with Gasteiger partial charge in [-0.2, -0.15) is 4.98 Å². The van der Waals surface area contributed by atoms with Crippen LogP contribution < -0.4 is 5.73 Å². The van der Waals surface area contributed by atoms with E-state index in [9.17, 15) is 13.2 Å². The van der Waals surface area contributed by atoms with Gasteiger partial charge in [-0.25, -0.2) is 13.2 Å². The molecule has 2 unspecified atom stereocenters. The molecule has 0 fully saturated rings. The Labute approximate surface area is 113 Å². The smallest absolute Gasteiger partial charge is 0.231 e. The lowest BCUT2D eigenvalue weighted by Crippen LogP contribution is -2.25. The van der Waals surface area contributed by atoms with Gasteiger partial charge in [0.15, 0.2) is 17.5 Å². The highest BCUT2D eigenvalue weighted by atomic mass is 19.2. The Morgan fingerprint density at radius 2 is 1.85 bits per heavy atom. The summed E-state index contributed by atoms with van der Waals surface area (Å²) in [6.45, 7) is 3.74. The fourth-order valence-corrected chi connectivity index (χ4v) is 1.76. The number of nitrogens with zero attached hydrogens (tertiary/aromatic N) is 2. The molecule has 108 valence electrons. The van der Waals surface area contributed by atoms with Crippen molar-refractivity contribution in [3.63, 3.8) is 0 Å². The van der Waals surface area contributed by atoms with Gasteiger partial charge >= 0.3 is 0 Å². The molecule has 0 saturated heterocycles. The van der Waals surface area contributed by atoms with Crippen LogP contribution in [0.5, 0.6) is 0 Å². The average molecular weight is 285 g/mol. The fourth-order valence-electron chi connectivity index (χ4n) is 1.76. The van der Waals surface area contributed by atoms with Gasteiger partial charge in [-0.05, 0) is 18.6 Å². The molecule has 2 rings (SSSR count). The molecule has 1 aromatic heterocycles. The van der Waals surface area contributed by atoms with E-state index in [1.165, 1.54) is 0 Å². The summed E-state index contributed by atoms with van der Waals surface area (Å²) in [6.07, 6.45) is 0.721. The molecule has 4 nitrogen and oxygen atoms in total. The fraction of sp³-hybridized carbons (Fsp3) is 0.385. The van der Waals surface area contributed by atoms with Crippen LogP contribution in [0.3, 0.4) is 0 Å². The second kappa shape index (κ2) is 5.62. The number of aromatic nitrogens is 2. The Bertz CT molecular complexity index is 592. The minimum Gasteiger partial charge on any atom is -0.339 e. The number of hydrogen-bond donors (Lipinski definition) is 1. The van der Waals surface area contributed by atoms with Crippen molar-refractivity contribution in [3.05, 3.63) is 35.5 Å². The van der Waals surface area contributed by atoms with Crippen molar-refractivity contribution in [2.24, 2.45) is 5.73 Å². The van der Waals surface area contributed by atoms with Crippen LogP contribution in [0.25, 0.3) is 11.4 Å². The first-order valence-electron chi connectivity index (χ1n) is 6.18. The third-order valence-electron chi connectivity index (χ3n) is 3.19. The zero-order valence-electron chi connectivity index (χ0n) is 11.0. The second-order valence-electron chi connectivity index (χ2n) is 4.57. The van der Waals surface area contributed by atoms with Crippen LogP contribution in [0.1, 0.15) is 32.1 Å². The first-order valence-corrected chi connectivity index (χ1v) is 6.18. The standard InChI is InChI=1S/C13H14F3N3O/c1-3-10(17)6(2)13-18-12(19-20-13)7-4-8(14)11(16)9(15)5-7/h4-6,10H,3,17H2,1-2H3. The van der Waals surface area contributed by atoms with Crippen molar-refractivity contribution >= 4 is 0 Å². The summed E-state index contributed by atoms with van der Waals surface area (Å²) in [5.41, 5.74) is 5.88. The van der Waals surface area contributed by atoms with E-state index in [1.54, 1.807) is 0 Å². The maximum absolute atomic E-state index is 13.2. The molecule has 2 aromatic rings. The van der Waals surface area contributed by atoms with Crippen molar-refractivity contribution in [1.82, 2.24) is 10.1 Å². The van der Waals surface area contributed by atoms with Gasteiger partial charge in [0.05, 0.1) is 5.92 Å². The SMILES string of the molecule is CCC(N)C(C)c1nc(-c2cc(F)c(F)c(F)c2)no1. The van der Waals surface area contributed by atoms with Crippen molar-refractivity contribution < 1.29 is 17.7 Å². The van der Waals surface area contributed by atoms with E-state index in [-0.39, 0.29) is 29.2 Å². The normalized spacial score (nSPS) is 14.3. The van der Waals surface area contributed by atoms with Crippen molar-refractivity contribution in [2.75, 3.05) is 0 Å². The molecule has 0 spiro atoms. The summed E-state index contributed by atoms with van der Waals surface area (Å²) in [4.78, 5) is 4.05. The molecule has 0 radical (unpaired) electrons. The number of halogens is 3. The third kappa shape index (κ3) is 2.67. The van der Waals surface area contributed by atoms with Gasteiger partial charge in [-0.15, -0.1) is 0 Å². The van der Waals surface area contributed by atoms with Crippen LogP contribution in [0.4, 0.5) is 13.2 Å². The molecule has 0 bridgehead atoms. The average Bonchev–Trinajstić information content (AvgIpc) is 2.92. The van der Waals surface area contributed by atoms with Gasteiger partial charge in [0, 0.05) is 11.6 Å². The van der Waals surface area contributed by atoms with Crippen molar-refractivity contribution in [1.29, 1.82) is 0 Å². The van der Waals surface area contributed by atoms with Gasteiger partial charge in [0.1, 0.15) is 0 Å². The highest BCUT2D eigenvalue weighted by Gasteiger charge is 2.21. The van der Waals surface area contributed by atoms with Gasteiger partial charge in [-0.3, -0.25) is 0 Å². The lowest BCUT2D eigenvalue weighted by atomic mass is 10.0. The summed E-state index contributed by atoms with van der Waals surface area (Å²) in [5, 5.41) is 3.64. The number of nitrogens with two attached hydrogens (primary N) is 1. The van der Waals surface area contributed by atoms with Crippen molar-refractivity contribution in [2.45, 2.75) is 32.2 Å². The summed E-state index contributed by atoms with van der Waals surface area (Å²) in [5.74, 6) is -4.04. The maximum atomic E-state index is 13.2. The first kappa shape index (κ1) is 14.5. The number of rotatable bonds is 4. The van der Waals surface area contributed by atoms with E-state index in [0.29, 0.717) is 0 Å². The largest absolute Gasteiger partial charge is 0.339 e. The van der Waals surface area contributed by atoms with E-state index in [2.05, 4.69) is 10.1 Å². The molecular weight excluding hydrogens is 271 g/mol. The molecule has 0 amide bonds. The van der Waals surface area contributed by atoms with Gasteiger partial charge in [0.25, 0.3) is 0 Å². The molecule has 0 aliphatic carbocycles. The Kier molecular flexibility index (Phi) is 4.08. The second-order valence-corrected chi connectivity index (χ2v) is 4.57. The van der Waals surface area contributed by atoms with Crippen LogP contribution in [-0.4, -0.2) is 16.2 Å². The first-order chi connectivity index (χ1) is 9.43. The maximum Gasteiger partial charge on any atom is 0.231 e. The minimum atomic E-state index is -1.53. The lowest BCUT2D eigenvalue weighted by Gasteiger charge is -2.13. The van der Waals surface area contributed by atoms with Crippen LogP contribution in [0.2, 0.25) is 0 Å². The van der Waals surface area contributed by atoms with E-state index in [1.807, 2.05) is 13.8 Å². The highest BCUT2D eigenvalue weighted by Crippen LogP contribution is 2.24. The zero-order chi connectivity index (χ0) is 14.9. The molecule has 1 aromatic carbocycles. The summed E-state index contributed by atoms with van der Waals surface area (Å²) in [7, 11) is 0. The van der Waals surface area contributed by atoms with Crippen molar-refractivity contribution in [3.8, 4) is 11.4 Å². The Morgan fingerprint density at radius 1 is 1.25 bits per heavy atom. The van der Waals surface area contributed by atoms with E-state index >= 15 is 0 Å². The van der Waals surface area contributed by atoms with Crippen LogP contribution >= 0.6 is 0 Å². The van der Waals surface area contributed by atoms with Crippen LogP contribution in [0.15, 0.2) is 16.7 Å². The van der Waals surface area contributed by atoms with Gasteiger partial charge in [-0.1, -0.05) is 19.0 Å². The summed E-state index contributed by atoms with van der Waals surface area (Å²) in [6, 6.07) is 1.47. The third-order valence-corrected chi connectivity index (χ3v) is 3.19. The summed E-state index contributed by atoms with van der Waals surface area (Å²) >= 11 is 0. The Hall–Kier alpha value is -1.89. The van der Waals surface area contributed by atoms with E-state index in [4.69, 9.17) is 10.3 Å². The van der Waals surface area contributed by atoms with Crippen LogP contribution in [0, 0.1) is 17.5 Å². The molecule has 2 N–H and O–H groups in total. The zero-order valence-corrected chi connectivity index (χ0v) is 11.0. The Morgan fingerprint density at radius 3 is 2.40 bits per heavy atom. The topological polar surface area (TPSA) is 64.9 Å². The van der Waals surface area contributed by atoms with E-state index < -0.39 is 17.5 Å². The van der Waals surface area contributed by atoms with E-state index in [0.717, 1.165) is 18.6 Å². The molecule has 0 saturated carbocycles. The Balaban J connectivity index is 2.34. The molecule has 1 heterocycles. The highest BCUT2D eigenvalue weighted by molar-refractivity contribution is 5.54. The predicted molar refractivity (Wildman–Crippen MR) is 66.3 cm³/mol. The molecular formula is C13H14F3N3O. The van der Waals surface area contributed by atoms with Gasteiger partial charge in [0.2, 0.25) is 11.7 Å². The lowest BCUT2D eigenvalue weighted by molar-refractivity contribution is 0.340. The number of hydrogen-bond acceptors (Lipinski definition) is 4. The summed E-state index contributed by atoms with van der Waals surface area (Å²) < 4.78 is 44.2. The minimum absolute atomic E-state index is 0.00652. The molecule has 7 heteroatoms. The molecule has 0 aliphatic heterocycles. The van der Waals surface area contributed by atoms with Gasteiger partial charge < -0.3 is 10.3 Å².